The van der Waals surface area contributed by atoms with Gasteiger partial charge in [-0.25, -0.2) is 21.7 Å². The van der Waals surface area contributed by atoms with Crippen molar-refractivity contribution in [3.8, 4) is 0 Å². The van der Waals surface area contributed by atoms with E-state index in [1.807, 2.05) is 0 Å². The van der Waals surface area contributed by atoms with Gasteiger partial charge >= 0.3 is 0 Å². The second kappa shape index (κ2) is 6.37. The lowest BCUT2D eigenvalue weighted by atomic mass is 9.73. The summed E-state index contributed by atoms with van der Waals surface area (Å²) in [6.45, 7) is 0. The van der Waals surface area contributed by atoms with Crippen LogP contribution in [0.4, 0.5) is 0 Å². The lowest BCUT2D eigenvalue weighted by molar-refractivity contribution is -0.0851. The predicted molar refractivity (Wildman–Crippen MR) is 98.1 cm³/mol. The normalized spacial score (nSPS) is 58.7. The molecule has 0 radical (unpaired) electrons. The van der Waals surface area contributed by atoms with Crippen LogP contribution in [0.15, 0.2) is 0 Å². The summed E-state index contributed by atoms with van der Waals surface area (Å²) in [5, 5.41) is 15.4. The van der Waals surface area contributed by atoms with E-state index in [1.54, 1.807) is 0 Å². The van der Waals surface area contributed by atoms with Crippen LogP contribution < -0.4 is 21.7 Å². The average Bonchev–Trinajstić information content (AvgIpc) is 3.23. The predicted octanol–water partition coefficient (Wildman–Crippen LogP) is 0.396. The molecule has 3 saturated heterocycles. The number of aliphatic hydroxyl groups excluding tert-OH is 1. The van der Waals surface area contributed by atoms with Crippen LogP contribution in [0.1, 0.15) is 64.2 Å². The third-order valence-corrected chi connectivity index (χ3v) is 8.22. The zero-order chi connectivity index (χ0) is 17.3. The van der Waals surface area contributed by atoms with Gasteiger partial charge in [0.15, 0.2) is 0 Å². The Kier molecular flexibility index (Phi) is 4.08. The standard InChI is InChI=1S/C19H34N6O/c26-18-3-1-2-17-19(18)25-21-14-7-5-12(10-16(14)23-25)8-11-4-6-13-15(9-11)22-24(17)20-13/h11-23,26H,1-10H2. The minimum absolute atomic E-state index is 0.0875. The molecule has 0 aromatic carbocycles. The second-order valence-corrected chi connectivity index (χ2v) is 9.83. The van der Waals surface area contributed by atoms with Gasteiger partial charge in [-0.1, -0.05) is 0 Å². The first kappa shape index (κ1) is 16.7. The van der Waals surface area contributed by atoms with Crippen molar-refractivity contribution in [1.82, 2.24) is 31.9 Å². The van der Waals surface area contributed by atoms with Crippen molar-refractivity contribution in [2.75, 3.05) is 0 Å². The average molecular weight is 363 g/mol. The first-order chi connectivity index (χ1) is 12.7. The molecule has 6 fully saturated rings. The van der Waals surface area contributed by atoms with Gasteiger partial charge in [0, 0.05) is 24.2 Å². The van der Waals surface area contributed by atoms with E-state index in [0.29, 0.717) is 30.2 Å². The maximum atomic E-state index is 10.9. The summed E-state index contributed by atoms with van der Waals surface area (Å²) in [5.41, 5.74) is 15.1. The fourth-order valence-corrected chi connectivity index (χ4v) is 6.92. The van der Waals surface area contributed by atoms with Gasteiger partial charge in [-0.2, -0.15) is 10.2 Å². The molecule has 3 heterocycles. The molecule has 0 aromatic rings. The largest absolute Gasteiger partial charge is 0.391 e. The summed E-state index contributed by atoms with van der Waals surface area (Å²) >= 11 is 0. The van der Waals surface area contributed by atoms with Crippen molar-refractivity contribution in [3.05, 3.63) is 0 Å². The zero-order valence-corrected chi connectivity index (χ0v) is 15.6. The molecule has 146 valence electrons. The monoisotopic (exact) mass is 362 g/mol. The van der Waals surface area contributed by atoms with Gasteiger partial charge < -0.3 is 5.11 Å². The molecule has 7 heteroatoms. The number of hydrogen-bond donors (Lipinski definition) is 5. The number of rotatable bonds is 0. The summed E-state index contributed by atoms with van der Waals surface area (Å²) in [6, 6.07) is 2.58. The summed E-state index contributed by atoms with van der Waals surface area (Å²) in [6.07, 6.45) is 12.2. The van der Waals surface area contributed by atoms with Crippen molar-refractivity contribution >= 4 is 0 Å². The van der Waals surface area contributed by atoms with Gasteiger partial charge in [0.05, 0.1) is 18.2 Å². The van der Waals surface area contributed by atoms with E-state index in [-0.39, 0.29) is 12.1 Å². The Bertz CT molecular complexity index is 548. The Hall–Kier alpha value is -0.280. The molecule has 7 nitrogen and oxygen atoms in total. The summed E-state index contributed by atoms with van der Waals surface area (Å²) in [5.74, 6) is 1.75. The maximum Gasteiger partial charge on any atom is 0.0842 e. The highest BCUT2D eigenvalue weighted by Crippen LogP contribution is 2.40. The molecule has 11 atom stereocenters. The van der Waals surface area contributed by atoms with E-state index in [1.165, 1.54) is 44.9 Å². The van der Waals surface area contributed by atoms with E-state index < -0.39 is 0 Å². The Morgan fingerprint density at radius 3 is 1.96 bits per heavy atom. The van der Waals surface area contributed by atoms with Crippen LogP contribution in [0.25, 0.3) is 0 Å². The molecule has 6 rings (SSSR count). The lowest BCUT2D eigenvalue weighted by Gasteiger charge is -2.44. The highest BCUT2D eigenvalue weighted by molar-refractivity contribution is 5.02. The van der Waals surface area contributed by atoms with Crippen molar-refractivity contribution < 1.29 is 5.11 Å². The quantitative estimate of drug-likeness (QED) is 0.427. The van der Waals surface area contributed by atoms with Crippen LogP contribution in [0, 0.1) is 11.8 Å². The van der Waals surface area contributed by atoms with Crippen molar-refractivity contribution in [2.24, 2.45) is 11.8 Å². The third kappa shape index (κ3) is 2.67. The number of fused-ring (bicyclic) bond motifs is 7. The van der Waals surface area contributed by atoms with Crippen molar-refractivity contribution in [3.63, 3.8) is 0 Å². The molecule has 3 aliphatic carbocycles. The molecule has 5 N–H and O–H groups in total. The van der Waals surface area contributed by atoms with E-state index in [9.17, 15) is 5.11 Å². The van der Waals surface area contributed by atoms with E-state index in [4.69, 9.17) is 0 Å². The number of nitrogens with zero attached hydrogens (tertiary/aromatic N) is 2. The molecule has 11 unspecified atom stereocenters. The van der Waals surface area contributed by atoms with Crippen LogP contribution in [0.5, 0.6) is 0 Å². The minimum atomic E-state index is -0.284. The van der Waals surface area contributed by atoms with Gasteiger partial charge in [-0.05, 0) is 76.0 Å². The summed E-state index contributed by atoms with van der Waals surface area (Å²) in [7, 11) is 0. The van der Waals surface area contributed by atoms with E-state index >= 15 is 0 Å². The Balaban J connectivity index is 1.35. The molecule has 3 aliphatic heterocycles. The van der Waals surface area contributed by atoms with Crippen LogP contribution in [0.3, 0.4) is 0 Å². The summed E-state index contributed by atoms with van der Waals surface area (Å²) in [4.78, 5) is 0. The number of aliphatic hydroxyl groups is 1. The van der Waals surface area contributed by atoms with Crippen molar-refractivity contribution in [1.29, 1.82) is 0 Å². The highest BCUT2D eigenvalue weighted by Gasteiger charge is 2.50. The fourth-order valence-electron chi connectivity index (χ4n) is 6.92. The Labute approximate surface area is 156 Å². The summed E-state index contributed by atoms with van der Waals surface area (Å²) < 4.78 is 0. The number of hydrogen-bond acceptors (Lipinski definition) is 7. The smallest absolute Gasteiger partial charge is 0.0842 e. The van der Waals surface area contributed by atoms with Gasteiger partial charge in [-0.15, -0.1) is 0 Å². The SMILES string of the molecule is OC1CCCC2C1N1NC3CCC(CC4CCC5NN2NC5C4)CC3N1. The molecule has 6 bridgehead atoms. The molecule has 0 amide bonds. The number of hydrazine groups is 4. The molecule has 0 spiro atoms. The molecular weight excluding hydrogens is 328 g/mol. The van der Waals surface area contributed by atoms with Crippen molar-refractivity contribution in [2.45, 2.75) is 107 Å². The lowest BCUT2D eigenvalue weighted by Crippen LogP contribution is -2.66. The fraction of sp³-hybridized carbons (Fsp3) is 1.00. The van der Waals surface area contributed by atoms with Gasteiger partial charge in [0.2, 0.25) is 0 Å². The highest BCUT2D eigenvalue weighted by atomic mass is 16.3. The zero-order valence-electron chi connectivity index (χ0n) is 15.6. The molecule has 3 saturated carbocycles. The van der Waals surface area contributed by atoms with Crippen LogP contribution >= 0.6 is 0 Å². The van der Waals surface area contributed by atoms with E-state index in [2.05, 4.69) is 31.9 Å². The maximum absolute atomic E-state index is 10.9. The molecule has 0 aromatic heterocycles. The molecule has 6 aliphatic rings. The minimum Gasteiger partial charge on any atom is -0.391 e. The first-order valence-electron chi connectivity index (χ1n) is 11.1. The Morgan fingerprint density at radius 1 is 0.615 bits per heavy atom. The molecular formula is C19H34N6O. The third-order valence-electron chi connectivity index (χ3n) is 8.22. The van der Waals surface area contributed by atoms with Crippen LogP contribution in [-0.4, -0.2) is 57.7 Å². The second-order valence-electron chi connectivity index (χ2n) is 9.83. The Morgan fingerprint density at radius 2 is 1.23 bits per heavy atom. The van der Waals surface area contributed by atoms with Crippen LogP contribution in [0.2, 0.25) is 0 Å². The van der Waals surface area contributed by atoms with Crippen LogP contribution in [-0.2, 0) is 0 Å². The molecule has 26 heavy (non-hydrogen) atoms. The van der Waals surface area contributed by atoms with Gasteiger partial charge in [0.1, 0.15) is 0 Å². The topological polar surface area (TPSA) is 74.8 Å². The van der Waals surface area contributed by atoms with E-state index in [0.717, 1.165) is 31.1 Å². The van der Waals surface area contributed by atoms with Gasteiger partial charge in [-0.3, -0.25) is 0 Å². The number of nitrogens with one attached hydrogen (secondary N) is 4. The van der Waals surface area contributed by atoms with Gasteiger partial charge in [0.25, 0.3) is 0 Å². The first-order valence-corrected chi connectivity index (χ1v) is 11.1.